The number of carbonyl (C=O) groups is 4. The van der Waals surface area contributed by atoms with Gasteiger partial charge in [-0.15, -0.1) is 0 Å². The molecule has 3 aromatic carbocycles. The molecule has 1 aliphatic rings. The van der Waals surface area contributed by atoms with E-state index < -0.39 is 29.6 Å². The number of methoxy groups -OCH3 is 1. The zero-order valence-corrected chi connectivity index (χ0v) is 25.3. The quantitative estimate of drug-likeness (QED) is 0.183. The van der Waals surface area contributed by atoms with Crippen LogP contribution in [0.4, 0.5) is 10.5 Å². The largest absolute Gasteiger partial charge is 0.493 e. The number of halogens is 3. The number of nitrogens with zero attached hydrogens (tertiary/aromatic N) is 1. The molecule has 9 nitrogen and oxygen atoms in total. The molecule has 1 heterocycles. The van der Waals surface area contributed by atoms with Gasteiger partial charge in [0.2, 0.25) is 5.91 Å². The minimum Gasteiger partial charge on any atom is -0.493 e. The topological polar surface area (TPSA) is 111 Å². The molecule has 0 aliphatic carbocycles. The highest BCUT2D eigenvalue weighted by atomic mass is 35.5. The fourth-order valence-electron chi connectivity index (χ4n) is 3.79. The maximum atomic E-state index is 13.0. The van der Waals surface area contributed by atoms with Gasteiger partial charge in [-0.1, -0.05) is 46.9 Å². The summed E-state index contributed by atoms with van der Waals surface area (Å²) >= 11 is 18.9. The first-order valence-corrected chi connectivity index (χ1v) is 14.3. The van der Waals surface area contributed by atoms with Crippen molar-refractivity contribution in [3.63, 3.8) is 0 Å². The first-order valence-electron chi connectivity index (χ1n) is 12.4. The number of nitrogens with one attached hydrogen (secondary N) is 1. The van der Waals surface area contributed by atoms with Crippen molar-refractivity contribution in [2.75, 3.05) is 25.6 Å². The highest BCUT2D eigenvalue weighted by Crippen LogP contribution is 2.35. The Morgan fingerprint density at radius 1 is 0.976 bits per heavy atom. The van der Waals surface area contributed by atoms with Crippen molar-refractivity contribution in [2.24, 2.45) is 0 Å². The lowest BCUT2D eigenvalue weighted by atomic mass is 10.1. The van der Waals surface area contributed by atoms with Crippen LogP contribution in [0.3, 0.4) is 0 Å². The van der Waals surface area contributed by atoms with Crippen molar-refractivity contribution < 1.29 is 33.4 Å². The van der Waals surface area contributed by atoms with E-state index in [0.29, 0.717) is 38.9 Å². The summed E-state index contributed by atoms with van der Waals surface area (Å²) < 4.78 is 16.3. The van der Waals surface area contributed by atoms with Crippen LogP contribution >= 0.6 is 46.6 Å². The van der Waals surface area contributed by atoms with E-state index in [2.05, 4.69) is 5.32 Å². The van der Waals surface area contributed by atoms with Gasteiger partial charge in [-0.3, -0.25) is 19.3 Å². The second kappa shape index (κ2) is 14.0. The fourth-order valence-corrected chi connectivity index (χ4v) is 5.28. The summed E-state index contributed by atoms with van der Waals surface area (Å²) in [5.74, 6) is -1.06. The number of amides is 3. The average Bonchev–Trinajstić information content (AvgIpc) is 3.21. The predicted octanol–water partition coefficient (Wildman–Crippen LogP) is 7.09. The highest BCUT2D eigenvalue weighted by Gasteiger charge is 2.36. The van der Waals surface area contributed by atoms with Crippen molar-refractivity contribution in [2.45, 2.75) is 13.5 Å². The van der Waals surface area contributed by atoms with Crippen LogP contribution in [0.15, 0.2) is 59.5 Å². The first kappa shape index (κ1) is 31.2. The van der Waals surface area contributed by atoms with Crippen molar-refractivity contribution in [3.05, 3.63) is 91.3 Å². The number of thioether (sulfide) groups is 1. The molecule has 0 atom stereocenters. The maximum Gasteiger partial charge on any atom is 0.339 e. The Morgan fingerprint density at radius 2 is 1.76 bits per heavy atom. The fraction of sp³-hybridized carbons (Fsp3) is 0.172. The summed E-state index contributed by atoms with van der Waals surface area (Å²) in [6.07, 6.45) is 1.52. The van der Waals surface area contributed by atoms with E-state index in [0.717, 1.165) is 10.5 Å². The summed E-state index contributed by atoms with van der Waals surface area (Å²) in [6, 6.07) is 14.4. The number of ether oxygens (including phenoxy) is 3. The number of rotatable bonds is 10. The number of anilines is 1. The van der Waals surface area contributed by atoms with Gasteiger partial charge in [-0.25, -0.2) is 4.79 Å². The minimum atomic E-state index is -0.642. The summed E-state index contributed by atoms with van der Waals surface area (Å²) in [5.41, 5.74) is 1.64. The van der Waals surface area contributed by atoms with E-state index in [1.807, 2.05) is 0 Å². The SMILES string of the molecule is CCOC(=O)c1cc(NC(=O)CN2C(=O)S/C(=C/c3ccc(OCc4ccc(Cl)cc4Cl)c(OC)c3)C2=O)ccc1Cl. The van der Waals surface area contributed by atoms with Gasteiger partial charge in [-0.2, -0.15) is 0 Å². The Bertz CT molecular complexity index is 1600. The molecule has 0 unspecified atom stereocenters. The van der Waals surface area contributed by atoms with Gasteiger partial charge in [-0.05, 0) is 72.8 Å². The normalized spacial score (nSPS) is 13.8. The van der Waals surface area contributed by atoms with Gasteiger partial charge in [0, 0.05) is 21.3 Å². The van der Waals surface area contributed by atoms with E-state index in [4.69, 9.17) is 49.0 Å². The molecule has 218 valence electrons. The van der Waals surface area contributed by atoms with E-state index in [-0.39, 0.29) is 34.4 Å². The summed E-state index contributed by atoms with van der Waals surface area (Å²) in [4.78, 5) is 51.3. The highest BCUT2D eigenvalue weighted by molar-refractivity contribution is 8.18. The number of imide groups is 1. The lowest BCUT2D eigenvalue weighted by Crippen LogP contribution is -2.36. The molecule has 1 saturated heterocycles. The Labute approximate surface area is 260 Å². The summed E-state index contributed by atoms with van der Waals surface area (Å²) in [5, 5.41) is 3.11. The molecule has 1 aliphatic heterocycles. The number of benzene rings is 3. The summed E-state index contributed by atoms with van der Waals surface area (Å²) in [6.45, 7) is 1.46. The molecule has 3 amide bonds. The molecule has 1 fully saturated rings. The van der Waals surface area contributed by atoms with E-state index in [1.54, 1.807) is 43.3 Å². The van der Waals surface area contributed by atoms with Crippen molar-refractivity contribution in [3.8, 4) is 11.5 Å². The predicted molar refractivity (Wildman–Crippen MR) is 163 cm³/mol. The Kier molecular flexibility index (Phi) is 10.4. The molecule has 0 radical (unpaired) electrons. The number of hydrogen-bond donors (Lipinski definition) is 1. The van der Waals surface area contributed by atoms with Gasteiger partial charge in [0.05, 0.1) is 29.2 Å². The molecule has 42 heavy (non-hydrogen) atoms. The third kappa shape index (κ3) is 7.57. The zero-order valence-electron chi connectivity index (χ0n) is 22.2. The Balaban J connectivity index is 1.42. The van der Waals surface area contributed by atoms with Crippen LogP contribution in [0.1, 0.15) is 28.4 Å². The van der Waals surface area contributed by atoms with Gasteiger partial charge < -0.3 is 19.5 Å². The molecule has 0 spiro atoms. The van der Waals surface area contributed by atoms with Crippen molar-refractivity contribution in [1.29, 1.82) is 0 Å². The molecule has 0 saturated carbocycles. The van der Waals surface area contributed by atoms with Crippen LogP contribution in [0.25, 0.3) is 6.08 Å². The number of carbonyl (C=O) groups excluding carboxylic acids is 4. The third-order valence-corrected chi connectivity index (χ3v) is 7.63. The molecule has 13 heteroatoms. The smallest absolute Gasteiger partial charge is 0.339 e. The van der Waals surface area contributed by atoms with Gasteiger partial charge >= 0.3 is 5.97 Å². The van der Waals surface area contributed by atoms with E-state index >= 15 is 0 Å². The average molecular weight is 650 g/mol. The molecule has 1 N–H and O–H groups in total. The van der Waals surface area contributed by atoms with Crippen LogP contribution in [0, 0.1) is 0 Å². The molecule has 4 rings (SSSR count). The number of hydrogen-bond acceptors (Lipinski definition) is 8. The molecule has 0 bridgehead atoms. The lowest BCUT2D eigenvalue weighted by molar-refractivity contribution is -0.127. The standard InChI is InChI=1S/C29H23Cl3N2O7S/c1-3-40-28(37)20-13-19(7-8-21(20)31)33-26(35)14-34-27(36)25(42-29(34)38)11-16-4-9-23(24(10-16)39-2)41-15-17-5-6-18(30)12-22(17)32/h4-13H,3,14-15H2,1-2H3,(H,33,35)/b25-11+. The van der Waals surface area contributed by atoms with Crippen LogP contribution in [-0.2, 0) is 20.9 Å². The summed E-state index contributed by atoms with van der Waals surface area (Å²) in [7, 11) is 1.48. The maximum absolute atomic E-state index is 13.0. The molecular weight excluding hydrogens is 627 g/mol. The van der Waals surface area contributed by atoms with E-state index in [1.165, 1.54) is 31.4 Å². The van der Waals surface area contributed by atoms with Gasteiger partial charge in [0.25, 0.3) is 11.1 Å². The van der Waals surface area contributed by atoms with Gasteiger partial charge in [0.15, 0.2) is 11.5 Å². The second-order valence-electron chi connectivity index (χ2n) is 8.67. The van der Waals surface area contributed by atoms with Crippen LogP contribution in [-0.4, -0.2) is 48.2 Å². The zero-order chi connectivity index (χ0) is 30.4. The molecular formula is C29H23Cl3N2O7S. The number of esters is 1. The van der Waals surface area contributed by atoms with Crippen LogP contribution < -0.4 is 14.8 Å². The minimum absolute atomic E-state index is 0.0750. The van der Waals surface area contributed by atoms with Crippen LogP contribution in [0.2, 0.25) is 15.1 Å². The monoisotopic (exact) mass is 648 g/mol. The first-order chi connectivity index (χ1) is 20.1. The van der Waals surface area contributed by atoms with Crippen LogP contribution in [0.5, 0.6) is 11.5 Å². The van der Waals surface area contributed by atoms with E-state index in [9.17, 15) is 19.2 Å². The molecule has 3 aromatic rings. The van der Waals surface area contributed by atoms with Gasteiger partial charge in [0.1, 0.15) is 13.2 Å². The lowest BCUT2D eigenvalue weighted by Gasteiger charge is -2.13. The van der Waals surface area contributed by atoms with Crippen molar-refractivity contribution in [1.82, 2.24) is 4.90 Å². The van der Waals surface area contributed by atoms with Crippen molar-refractivity contribution >= 4 is 81.4 Å². The Hall–Kier alpha value is -3.70. The Morgan fingerprint density at radius 3 is 2.48 bits per heavy atom. The molecule has 0 aromatic heterocycles. The second-order valence-corrected chi connectivity index (χ2v) is 10.9. The third-order valence-electron chi connectivity index (χ3n) is 5.80.